The first kappa shape index (κ1) is 15.4. The Bertz CT molecular complexity index is 631. The van der Waals surface area contributed by atoms with Crippen molar-refractivity contribution in [2.45, 2.75) is 11.3 Å². The number of aromatic nitrogens is 1. The van der Waals surface area contributed by atoms with E-state index in [4.69, 9.17) is 10.7 Å². The van der Waals surface area contributed by atoms with Gasteiger partial charge in [-0.15, -0.1) is 13.2 Å². The number of rotatable bonds is 3. The lowest BCUT2D eigenvalue weighted by atomic mass is 10.4. The van der Waals surface area contributed by atoms with Gasteiger partial charge in [0.05, 0.1) is 6.07 Å². The summed E-state index contributed by atoms with van der Waals surface area (Å²) in [5.41, 5.74) is 0. The molecule has 0 unspecified atom stereocenters. The van der Waals surface area contributed by atoms with Crippen molar-refractivity contribution in [1.29, 1.82) is 0 Å². The van der Waals surface area contributed by atoms with Gasteiger partial charge < -0.3 is 14.9 Å². The second kappa shape index (κ2) is 4.77. The smallest absolute Gasteiger partial charge is 0.397 e. The predicted molar refractivity (Wildman–Crippen MR) is 50.6 cm³/mol. The maximum absolute atomic E-state index is 13.2. The lowest BCUT2D eigenvalue weighted by Gasteiger charge is -2.10. The summed E-state index contributed by atoms with van der Waals surface area (Å²) < 4.78 is 74.1. The third-order valence-corrected chi connectivity index (χ3v) is 2.88. The van der Waals surface area contributed by atoms with Gasteiger partial charge in [0.15, 0.2) is 0 Å². The second-order valence-corrected chi connectivity index (χ2v) is 5.38. The SMILES string of the molecule is O=[N+]([O-])c1cc(S(=O)(=O)Cl)c(OC(F)(F)F)c(F)n1. The van der Waals surface area contributed by atoms with E-state index in [2.05, 4.69) is 9.72 Å². The van der Waals surface area contributed by atoms with Crippen LogP contribution < -0.4 is 4.74 Å². The van der Waals surface area contributed by atoms with Gasteiger partial charge in [-0.05, 0) is 9.91 Å². The molecule has 0 aliphatic heterocycles. The minimum absolute atomic E-state index is 0.0481. The minimum atomic E-state index is -5.44. The number of alkyl halides is 3. The van der Waals surface area contributed by atoms with E-state index in [-0.39, 0.29) is 6.07 Å². The zero-order valence-electron chi connectivity index (χ0n) is 8.31. The third-order valence-electron chi connectivity index (χ3n) is 1.55. The van der Waals surface area contributed by atoms with Gasteiger partial charge in [0.25, 0.3) is 9.05 Å². The summed E-state index contributed by atoms with van der Waals surface area (Å²) in [6.45, 7) is 0. The number of ether oxygens (including phenoxy) is 1. The molecule has 0 aromatic carbocycles. The van der Waals surface area contributed by atoms with Gasteiger partial charge in [0.1, 0.15) is 4.90 Å². The van der Waals surface area contributed by atoms with E-state index < -0.39 is 42.7 Å². The molecule has 0 fully saturated rings. The second-order valence-electron chi connectivity index (χ2n) is 2.84. The van der Waals surface area contributed by atoms with Crippen molar-refractivity contribution >= 4 is 25.6 Å². The number of hydrogen-bond acceptors (Lipinski definition) is 6. The number of nitro groups is 1. The Morgan fingerprint density at radius 3 is 2.32 bits per heavy atom. The molecule has 0 saturated heterocycles. The van der Waals surface area contributed by atoms with Gasteiger partial charge in [0, 0.05) is 10.7 Å². The molecule has 0 bridgehead atoms. The monoisotopic (exact) mass is 324 g/mol. The summed E-state index contributed by atoms with van der Waals surface area (Å²) in [5, 5.41) is 10.3. The van der Waals surface area contributed by atoms with E-state index in [1.165, 1.54) is 0 Å². The lowest BCUT2D eigenvalue weighted by Crippen LogP contribution is -2.20. The molecule has 0 radical (unpaired) electrons. The Balaban J connectivity index is 3.58. The average molecular weight is 325 g/mol. The predicted octanol–water partition coefficient (Wildman–Crippen LogP) is 1.95. The molecule has 1 aromatic rings. The molecular weight excluding hydrogens is 324 g/mol. The normalized spacial score (nSPS) is 12.3. The van der Waals surface area contributed by atoms with Crippen molar-refractivity contribution in [3.8, 4) is 5.75 Å². The first-order valence-corrected chi connectivity index (χ1v) is 6.28. The van der Waals surface area contributed by atoms with Gasteiger partial charge in [-0.3, -0.25) is 0 Å². The lowest BCUT2D eigenvalue weighted by molar-refractivity contribution is -0.390. The first-order valence-electron chi connectivity index (χ1n) is 3.97. The van der Waals surface area contributed by atoms with Gasteiger partial charge in [-0.1, -0.05) is 0 Å². The molecule has 0 spiro atoms. The molecule has 13 heteroatoms. The van der Waals surface area contributed by atoms with E-state index in [9.17, 15) is 36.1 Å². The summed E-state index contributed by atoms with van der Waals surface area (Å²) in [6, 6.07) is 0.0481. The van der Waals surface area contributed by atoms with Crippen LogP contribution in [0.15, 0.2) is 11.0 Å². The van der Waals surface area contributed by atoms with E-state index in [0.29, 0.717) is 0 Å². The Morgan fingerprint density at radius 2 is 1.95 bits per heavy atom. The van der Waals surface area contributed by atoms with Crippen LogP contribution in [0, 0.1) is 16.1 Å². The van der Waals surface area contributed by atoms with E-state index in [1.807, 2.05) is 0 Å². The number of nitrogens with zero attached hydrogens (tertiary/aromatic N) is 2. The molecule has 7 nitrogen and oxygen atoms in total. The van der Waals surface area contributed by atoms with E-state index >= 15 is 0 Å². The fourth-order valence-corrected chi connectivity index (χ4v) is 1.89. The van der Waals surface area contributed by atoms with Gasteiger partial charge >= 0.3 is 18.1 Å². The number of halogens is 5. The molecule has 1 aromatic heterocycles. The Labute approximate surface area is 106 Å². The van der Waals surface area contributed by atoms with Crippen molar-refractivity contribution in [2.75, 3.05) is 0 Å². The van der Waals surface area contributed by atoms with Crippen molar-refractivity contribution in [3.63, 3.8) is 0 Å². The van der Waals surface area contributed by atoms with Crippen LogP contribution in [0.4, 0.5) is 23.4 Å². The molecule has 19 heavy (non-hydrogen) atoms. The molecule has 0 N–H and O–H groups in total. The van der Waals surface area contributed by atoms with Gasteiger partial charge in [-0.2, -0.15) is 4.39 Å². The van der Waals surface area contributed by atoms with Crippen LogP contribution in [0.1, 0.15) is 0 Å². The molecule has 0 saturated carbocycles. The average Bonchev–Trinajstić information content (AvgIpc) is 2.16. The summed E-state index contributed by atoms with van der Waals surface area (Å²) in [5.74, 6) is -5.34. The zero-order valence-corrected chi connectivity index (χ0v) is 9.88. The van der Waals surface area contributed by atoms with Crippen molar-refractivity contribution in [1.82, 2.24) is 4.98 Å². The Hall–Kier alpha value is -1.69. The molecule has 1 rings (SSSR count). The summed E-state index contributed by atoms with van der Waals surface area (Å²) in [7, 11) is -0.173. The molecule has 0 aliphatic rings. The van der Waals surface area contributed by atoms with Crippen LogP contribution in [-0.4, -0.2) is 24.7 Å². The first-order chi connectivity index (χ1) is 8.42. The molecular formula is C6HClF4N2O5S. The van der Waals surface area contributed by atoms with Crippen LogP contribution in [-0.2, 0) is 9.05 Å². The van der Waals surface area contributed by atoms with Crippen molar-refractivity contribution in [2.24, 2.45) is 0 Å². The topological polar surface area (TPSA) is 99.4 Å². The van der Waals surface area contributed by atoms with Crippen LogP contribution >= 0.6 is 10.7 Å². The Kier molecular flexibility index (Phi) is 3.86. The molecule has 0 amide bonds. The van der Waals surface area contributed by atoms with E-state index in [0.717, 1.165) is 0 Å². The number of pyridine rings is 1. The molecule has 106 valence electrons. The van der Waals surface area contributed by atoms with Crippen LogP contribution in [0.2, 0.25) is 0 Å². The van der Waals surface area contributed by atoms with Crippen molar-refractivity contribution in [3.05, 3.63) is 22.1 Å². The summed E-state index contributed by atoms with van der Waals surface area (Å²) >= 11 is 0. The van der Waals surface area contributed by atoms with Gasteiger partial charge in [-0.25, -0.2) is 8.42 Å². The molecule has 0 atom stereocenters. The highest BCUT2D eigenvalue weighted by Gasteiger charge is 2.38. The highest BCUT2D eigenvalue weighted by atomic mass is 35.7. The van der Waals surface area contributed by atoms with E-state index in [1.54, 1.807) is 0 Å². The summed E-state index contributed by atoms with van der Waals surface area (Å²) in [6.07, 6.45) is -5.44. The fraction of sp³-hybridized carbons (Fsp3) is 0.167. The van der Waals surface area contributed by atoms with Crippen LogP contribution in [0.5, 0.6) is 5.75 Å². The van der Waals surface area contributed by atoms with Crippen LogP contribution in [0.25, 0.3) is 0 Å². The highest BCUT2D eigenvalue weighted by Crippen LogP contribution is 2.35. The maximum atomic E-state index is 13.2. The summed E-state index contributed by atoms with van der Waals surface area (Å²) in [4.78, 5) is 9.96. The van der Waals surface area contributed by atoms with Crippen LogP contribution in [0.3, 0.4) is 0 Å². The zero-order chi connectivity index (χ0) is 15.0. The largest absolute Gasteiger partial charge is 0.573 e. The third kappa shape index (κ3) is 3.89. The van der Waals surface area contributed by atoms with Crippen molar-refractivity contribution < 1.29 is 35.6 Å². The highest BCUT2D eigenvalue weighted by molar-refractivity contribution is 8.13. The standard InChI is InChI=1S/C6HClF4N2O5S/c7-19(16,17)2-1-3(13(14)15)12-5(8)4(2)18-6(9,10)11/h1H. The Morgan fingerprint density at radius 1 is 1.42 bits per heavy atom. The quantitative estimate of drug-likeness (QED) is 0.277. The fourth-order valence-electron chi connectivity index (χ4n) is 0.951. The molecule has 0 aliphatic carbocycles. The maximum Gasteiger partial charge on any atom is 0.573 e. The number of hydrogen-bond donors (Lipinski definition) is 0. The minimum Gasteiger partial charge on any atom is -0.397 e. The van der Waals surface area contributed by atoms with Gasteiger partial charge in [0.2, 0.25) is 5.75 Å². The molecule has 1 heterocycles.